The molecule has 2 rings (SSSR count). The van der Waals surface area contributed by atoms with Gasteiger partial charge in [0.1, 0.15) is 0 Å². The van der Waals surface area contributed by atoms with Gasteiger partial charge in [0.15, 0.2) is 0 Å². The zero-order chi connectivity index (χ0) is 9.26. The third kappa shape index (κ3) is 1.61. The Morgan fingerprint density at radius 3 is 3.00 bits per heavy atom. The molecule has 5 N–H and O–H groups in total. The number of benzene rings is 1. The van der Waals surface area contributed by atoms with Gasteiger partial charge in [0.05, 0.1) is 7.05 Å². The minimum absolute atomic E-state index is 0.747. The fraction of sp³-hybridized carbons (Fsp3) is 0.125. The van der Waals surface area contributed by atoms with E-state index < -0.39 is 0 Å². The molecule has 0 radical (unpaired) electrons. The van der Waals surface area contributed by atoms with Gasteiger partial charge in [-0.05, 0) is 22.4 Å². The molecule has 1 heterocycles. The van der Waals surface area contributed by atoms with E-state index in [4.69, 9.17) is 5.73 Å². The summed E-state index contributed by atoms with van der Waals surface area (Å²) in [6.45, 7) is 0. The molecule has 0 fully saturated rings. The number of amidine groups is 1. The molecule has 0 aliphatic carbocycles. The fourth-order valence-corrected chi connectivity index (χ4v) is 1.19. The van der Waals surface area contributed by atoms with E-state index in [1.54, 1.807) is 10.7 Å². The second-order valence-corrected chi connectivity index (χ2v) is 2.94. The summed E-state index contributed by atoms with van der Waals surface area (Å²) in [5.74, 6) is 0.829. The molecule has 0 saturated heterocycles. The Bertz CT molecular complexity index is 346. The van der Waals surface area contributed by atoms with Crippen LogP contribution in [0.2, 0.25) is 0 Å². The fourth-order valence-electron chi connectivity index (χ4n) is 1.19. The van der Waals surface area contributed by atoms with Crippen LogP contribution < -0.4 is 16.7 Å². The molecular weight excluding hydrogens is 166 g/mol. The number of anilines is 1. The first kappa shape index (κ1) is 8.03. The number of hydrogen-bond acceptors (Lipinski definition) is 4. The van der Waals surface area contributed by atoms with Crippen molar-refractivity contribution in [1.82, 2.24) is 10.5 Å². The quantitative estimate of drug-likeness (QED) is 0.376. The van der Waals surface area contributed by atoms with Gasteiger partial charge in [0.25, 0.3) is 0 Å². The highest BCUT2D eigenvalue weighted by Gasteiger charge is 2.15. The standard InChI is InChI=1S/C8H11N5/c1-13-11-8(10-12-13)6-3-2-4-7(9)5-6/h2-5,12H,9H2,1H3,(H,10,11)/p+1. The van der Waals surface area contributed by atoms with Crippen molar-refractivity contribution in [3.63, 3.8) is 0 Å². The van der Waals surface area contributed by atoms with Crippen molar-refractivity contribution in [3.8, 4) is 0 Å². The molecule has 5 heteroatoms. The van der Waals surface area contributed by atoms with Crippen LogP contribution in [0.25, 0.3) is 0 Å². The molecule has 1 aliphatic rings. The number of nitrogens with zero attached hydrogens (tertiary/aromatic N) is 2. The Balaban J connectivity index is 2.26. The summed E-state index contributed by atoms with van der Waals surface area (Å²) in [7, 11) is 1.89. The van der Waals surface area contributed by atoms with Crippen LogP contribution in [-0.4, -0.2) is 18.0 Å². The summed E-state index contributed by atoms with van der Waals surface area (Å²) in [5.41, 5.74) is 12.2. The molecular formula is C8H12N5+. The van der Waals surface area contributed by atoms with E-state index in [9.17, 15) is 0 Å². The maximum absolute atomic E-state index is 5.65. The van der Waals surface area contributed by atoms with Gasteiger partial charge in [0, 0.05) is 11.3 Å². The Morgan fingerprint density at radius 2 is 2.38 bits per heavy atom. The number of hydrazine groups is 1. The minimum Gasteiger partial charge on any atom is -0.399 e. The Morgan fingerprint density at radius 1 is 1.54 bits per heavy atom. The summed E-state index contributed by atoms with van der Waals surface area (Å²) < 4.78 is 0. The van der Waals surface area contributed by atoms with Crippen LogP contribution in [-0.2, 0) is 0 Å². The number of quaternary nitrogens is 1. The van der Waals surface area contributed by atoms with Crippen LogP contribution in [0.3, 0.4) is 0 Å². The number of nitrogens with one attached hydrogen (secondary N) is 1. The molecule has 0 amide bonds. The largest absolute Gasteiger partial charge is 0.399 e. The SMILES string of the molecule is CN1NC(c2cccc(N)c2)=N[NH2+]1. The van der Waals surface area contributed by atoms with E-state index in [0.717, 1.165) is 17.1 Å². The minimum atomic E-state index is 0.747. The lowest BCUT2D eigenvalue weighted by Crippen LogP contribution is -2.86. The molecule has 13 heavy (non-hydrogen) atoms. The molecule has 0 bridgehead atoms. The number of rotatable bonds is 1. The molecule has 0 atom stereocenters. The second kappa shape index (κ2) is 3.04. The van der Waals surface area contributed by atoms with Crippen LogP contribution in [0.4, 0.5) is 5.69 Å². The molecule has 1 aromatic carbocycles. The maximum Gasteiger partial charge on any atom is 0.209 e. The molecule has 1 aromatic rings. The Hall–Kier alpha value is -1.59. The average molecular weight is 178 g/mol. The zero-order valence-corrected chi connectivity index (χ0v) is 7.36. The number of nitrogen functional groups attached to an aromatic ring is 1. The Labute approximate surface area is 76.2 Å². The van der Waals surface area contributed by atoms with Gasteiger partial charge < -0.3 is 5.73 Å². The van der Waals surface area contributed by atoms with Gasteiger partial charge in [-0.2, -0.15) is 0 Å². The lowest BCUT2D eigenvalue weighted by atomic mass is 10.2. The van der Waals surface area contributed by atoms with Crippen molar-refractivity contribution in [3.05, 3.63) is 29.8 Å². The lowest BCUT2D eigenvalue weighted by Gasteiger charge is -2.03. The van der Waals surface area contributed by atoms with Crippen LogP contribution >= 0.6 is 0 Å². The highest BCUT2D eigenvalue weighted by molar-refractivity contribution is 5.98. The third-order valence-corrected chi connectivity index (χ3v) is 1.80. The molecule has 5 nitrogen and oxygen atoms in total. The molecule has 0 aromatic heterocycles. The van der Waals surface area contributed by atoms with E-state index in [0.29, 0.717) is 0 Å². The van der Waals surface area contributed by atoms with E-state index in [2.05, 4.69) is 10.5 Å². The van der Waals surface area contributed by atoms with E-state index in [1.165, 1.54) is 0 Å². The molecule has 0 spiro atoms. The van der Waals surface area contributed by atoms with E-state index >= 15 is 0 Å². The van der Waals surface area contributed by atoms with Crippen LogP contribution in [0, 0.1) is 0 Å². The van der Waals surface area contributed by atoms with Crippen molar-refractivity contribution < 1.29 is 5.53 Å². The molecule has 68 valence electrons. The first-order chi connectivity index (χ1) is 6.25. The summed E-state index contributed by atoms with van der Waals surface area (Å²) in [6.07, 6.45) is 0. The highest BCUT2D eigenvalue weighted by atomic mass is 15.9. The van der Waals surface area contributed by atoms with Gasteiger partial charge in [0.2, 0.25) is 5.84 Å². The van der Waals surface area contributed by atoms with Gasteiger partial charge >= 0.3 is 0 Å². The number of nitrogens with two attached hydrogens (primary N) is 2. The first-order valence-electron chi connectivity index (χ1n) is 4.02. The normalized spacial score (nSPS) is 16.8. The molecule has 0 saturated carbocycles. The topological polar surface area (TPSA) is 70.3 Å². The predicted octanol–water partition coefficient (Wildman–Crippen LogP) is -1.14. The summed E-state index contributed by atoms with van der Waals surface area (Å²) in [4.78, 5) is 0. The Kier molecular flexibility index (Phi) is 1.88. The highest BCUT2D eigenvalue weighted by Crippen LogP contribution is 2.06. The monoisotopic (exact) mass is 178 g/mol. The zero-order valence-electron chi connectivity index (χ0n) is 7.36. The van der Waals surface area contributed by atoms with Gasteiger partial charge in [-0.3, -0.25) is 5.43 Å². The van der Waals surface area contributed by atoms with Gasteiger partial charge in [-0.15, -0.1) is 5.53 Å². The predicted molar refractivity (Wildman–Crippen MR) is 50.2 cm³/mol. The summed E-state index contributed by atoms with van der Waals surface area (Å²) in [6, 6.07) is 7.62. The van der Waals surface area contributed by atoms with Crippen LogP contribution in [0.15, 0.2) is 29.4 Å². The van der Waals surface area contributed by atoms with Crippen LogP contribution in [0.1, 0.15) is 5.56 Å². The van der Waals surface area contributed by atoms with E-state index in [-0.39, 0.29) is 0 Å². The first-order valence-corrected chi connectivity index (χ1v) is 4.02. The van der Waals surface area contributed by atoms with Crippen molar-refractivity contribution in [1.29, 1.82) is 0 Å². The molecule has 1 aliphatic heterocycles. The van der Waals surface area contributed by atoms with Crippen molar-refractivity contribution >= 4 is 11.5 Å². The van der Waals surface area contributed by atoms with Crippen molar-refractivity contribution in [2.75, 3.05) is 12.8 Å². The van der Waals surface area contributed by atoms with Crippen molar-refractivity contribution in [2.45, 2.75) is 0 Å². The van der Waals surface area contributed by atoms with E-state index in [1.807, 2.05) is 31.3 Å². The molecule has 0 unspecified atom stereocenters. The smallest absolute Gasteiger partial charge is 0.209 e. The summed E-state index contributed by atoms with van der Waals surface area (Å²) >= 11 is 0. The number of hydrogen-bond donors (Lipinski definition) is 3. The second-order valence-electron chi connectivity index (χ2n) is 2.94. The maximum atomic E-state index is 5.65. The van der Waals surface area contributed by atoms with Gasteiger partial charge in [-0.1, -0.05) is 12.1 Å². The van der Waals surface area contributed by atoms with Crippen LogP contribution in [0.5, 0.6) is 0 Å². The lowest BCUT2D eigenvalue weighted by molar-refractivity contribution is -0.803. The third-order valence-electron chi connectivity index (χ3n) is 1.80. The van der Waals surface area contributed by atoms with Gasteiger partial charge in [-0.25, -0.2) is 0 Å². The van der Waals surface area contributed by atoms with Crippen molar-refractivity contribution in [2.24, 2.45) is 5.10 Å². The average Bonchev–Trinajstić information content (AvgIpc) is 2.52. The summed E-state index contributed by atoms with van der Waals surface area (Å²) in [5, 5.41) is 5.97.